The van der Waals surface area contributed by atoms with Gasteiger partial charge in [-0.15, -0.1) is 0 Å². The minimum Gasteiger partial charge on any atom is -0.447 e. The summed E-state index contributed by atoms with van der Waals surface area (Å²) in [4.78, 5) is 30.9. The van der Waals surface area contributed by atoms with Crippen LogP contribution in [0.2, 0.25) is 0 Å². The van der Waals surface area contributed by atoms with Crippen LogP contribution in [0, 0.1) is 5.92 Å². The fraction of sp³-hybridized carbons (Fsp3) is 0.421. The molecule has 1 aliphatic carbocycles. The van der Waals surface area contributed by atoms with Crippen molar-refractivity contribution in [2.75, 3.05) is 24.5 Å². The SMILES string of the molecule is O=C(NCC(=O)N1CCc2ccccc21)c1ncoc1C1C2CNC1C2. The number of amides is 2. The van der Waals surface area contributed by atoms with Crippen LogP contribution in [-0.4, -0.2) is 42.5 Å². The Hall–Kier alpha value is -2.67. The molecule has 2 saturated heterocycles. The Morgan fingerprint density at radius 2 is 2.23 bits per heavy atom. The van der Waals surface area contributed by atoms with Crippen molar-refractivity contribution in [2.24, 2.45) is 5.92 Å². The molecule has 4 heterocycles. The van der Waals surface area contributed by atoms with Crippen LogP contribution >= 0.6 is 0 Å². The molecular weight excluding hydrogens is 332 g/mol. The molecule has 134 valence electrons. The van der Waals surface area contributed by atoms with E-state index in [1.807, 2.05) is 24.3 Å². The molecule has 2 amide bonds. The summed E-state index contributed by atoms with van der Waals surface area (Å²) in [5, 5.41) is 6.13. The Bertz CT molecular complexity index is 863. The zero-order chi connectivity index (χ0) is 17.7. The van der Waals surface area contributed by atoms with Gasteiger partial charge in [0.1, 0.15) is 5.76 Å². The number of nitrogens with one attached hydrogen (secondary N) is 2. The predicted molar refractivity (Wildman–Crippen MR) is 94.0 cm³/mol. The first-order valence-electron chi connectivity index (χ1n) is 9.05. The van der Waals surface area contributed by atoms with Crippen molar-refractivity contribution in [1.29, 1.82) is 0 Å². The Kier molecular flexibility index (Phi) is 3.56. The van der Waals surface area contributed by atoms with Gasteiger partial charge >= 0.3 is 0 Å². The van der Waals surface area contributed by atoms with Crippen molar-refractivity contribution < 1.29 is 14.0 Å². The maximum absolute atomic E-state index is 12.5. The maximum atomic E-state index is 12.5. The maximum Gasteiger partial charge on any atom is 0.273 e. The first kappa shape index (κ1) is 15.6. The Balaban J connectivity index is 1.25. The van der Waals surface area contributed by atoms with Crippen LogP contribution in [0.1, 0.15) is 34.2 Å². The lowest BCUT2D eigenvalue weighted by Crippen LogP contribution is -2.40. The van der Waals surface area contributed by atoms with Gasteiger partial charge in [0, 0.05) is 24.2 Å². The van der Waals surface area contributed by atoms with Gasteiger partial charge in [-0.05, 0) is 36.9 Å². The third kappa shape index (κ3) is 2.34. The highest BCUT2D eigenvalue weighted by Gasteiger charge is 2.50. The first-order valence-corrected chi connectivity index (χ1v) is 9.05. The topological polar surface area (TPSA) is 87.5 Å². The average Bonchev–Trinajstić information content (AvgIpc) is 3.42. The van der Waals surface area contributed by atoms with Crippen molar-refractivity contribution in [3.63, 3.8) is 0 Å². The molecule has 0 radical (unpaired) electrons. The molecule has 26 heavy (non-hydrogen) atoms. The van der Waals surface area contributed by atoms with E-state index in [0.717, 1.165) is 25.1 Å². The van der Waals surface area contributed by atoms with Gasteiger partial charge in [0.2, 0.25) is 5.91 Å². The summed E-state index contributed by atoms with van der Waals surface area (Å²) in [6.45, 7) is 1.57. The second-order valence-corrected chi connectivity index (χ2v) is 7.21. The van der Waals surface area contributed by atoms with E-state index in [2.05, 4.69) is 15.6 Å². The zero-order valence-corrected chi connectivity index (χ0v) is 14.3. The van der Waals surface area contributed by atoms with E-state index in [0.29, 0.717) is 30.0 Å². The summed E-state index contributed by atoms with van der Waals surface area (Å²) >= 11 is 0. The van der Waals surface area contributed by atoms with E-state index in [9.17, 15) is 9.59 Å². The Morgan fingerprint density at radius 3 is 3.04 bits per heavy atom. The van der Waals surface area contributed by atoms with Gasteiger partial charge in [0.05, 0.1) is 6.54 Å². The summed E-state index contributed by atoms with van der Waals surface area (Å²) in [6, 6.07) is 8.25. The molecule has 2 N–H and O–H groups in total. The van der Waals surface area contributed by atoms with Crippen molar-refractivity contribution >= 4 is 17.5 Å². The molecule has 7 nitrogen and oxygen atoms in total. The number of nitrogens with zero attached hydrogens (tertiary/aromatic N) is 2. The molecule has 3 atom stereocenters. The summed E-state index contributed by atoms with van der Waals surface area (Å²) < 4.78 is 5.52. The molecule has 1 saturated carbocycles. The van der Waals surface area contributed by atoms with Crippen LogP contribution in [0.15, 0.2) is 35.1 Å². The lowest BCUT2D eigenvalue weighted by Gasteiger charge is -2.32. The largest absolute Gasteiger partial charge is 0.447 e. The number of aromatic nitrogens is 1. The highest BCUT2D eigenvalue weighted by Crippen LogP contribution is 2.47. The average molecular weight is 352 g/mol. The Labute approximate surface area is 150 Å². The fourth-order valence-electron chi connectivity index (χ4n) is 4.47. The number of anilines is 1. The number of rotatable bonds is 4. The van der Waals surface area contributed by atoms with Gasteiger partial charge in [0.15, 0.2) is 12.1 Å². The normalized spacial score (nSPS) is 25.7. The quantitative estimate of drug-likeness (QED) is 0.859. The molecule has 4 aliphatic rings. The van der Waals surface area contributed by atoms with Crippen LogP contribution in [-0.2, 0) is 11.2 Å². The van der Waals surface area contributed by atoms with Gasteiger partial charge in [-0.1, -0.05) is 18.2 Å². The number of fused-ring (bicyclic) bond motifs is 2. The molecule has 2 bridgehead atoms. The van der Waals surface area contributed by atoms with E-state index >= 15 is 0 Å². The van der Waals surface area contributed by atoms with Gasteiger partial charge < -0.3 is 20.0 Å². The van der Waals surface area contributed by atoms with E-state index in [-0.39, 0.29) is 24.3 Å². The minimum atomic E-state index is -0.346. The van der Waals surface area contributed by atoms with Crippen molar-refractivity contribution in [3.8, 4) is 0 Å². The van der Waals surface area contributed by atoms with Crippen LogP contribution in [0.5, 0.6) is 0 Å². The highest BCUT2D eigenvalue weighted by molar-refractivity contribution is 6.01. The van der Waals surface area contributed by atoms with Gasteiger partial charge in [0.25, 0.3) is 5.91 Å². The number of hydrogen-bond acceptors (Lipinski definition) is 5. The standard InChI is InChI=1S/C19H20N4O3/c24-15(23-6-5-11-3-1-2-4-14(11)23)9-21-19(25)17-18(26-10-22-17)16-12-7-13(16)20-8-12/h1-4,10,12-13,16,20H,5-9H2,(H,21,25). The number of carbonyl (C=O) groups is 2. The van der Waals surface area contributed by atoms with Gasteiger partial charge in [-0.25, -0.2) is 4.98 Å². The van der Waals surface area contributed by atoms with E-state index in [4.69, 9.17) is 4.42 Å². The lowest BCUT2D eigenvalue weighted by atomic mass is 9.72. The van der Waals surface area contributed by atoms with Crippen molar-refractivity contribution in [1.82, 2.24) is 15.6 Å². The smallest absolute Gasteiger partial charge is 0.273 e. The van der Waals surface area contributed by atoms with E-state index in [1.165, 1.54) is 12.0 Å². The number of oxazole rings is 1. The third-order valence-electron chi connectivity index (χ3n) is 5.84. The molecule has 3 unspecified atom stereocenters. The molecular formula is C19H20N4O3. The molecule has 2 aromatic rings. The number of benzene rings is 1. The zero-order valence-electron chi connectivity index (χ0n) is 14.3. The summed E-state index contributed by atoms with van der Waals surface area (Å²) in [5.41, 5.74) is 2.41. The van der Waals surface area contributed by atoms with Crippen LogP contribution < -0.4 is 15.5 Å². The van der Waals surface area contributed by atoms with Crippen LogP contribution in [0.25, 0.3) is 0 Å². The van der Waals surface area contributed by atoms with Crippen LogP contribution in [0.3, 0.4) is 0 Å². The molecule has 1 aromatic heterocycles. The molecule has 7 heteroatoms. The second-order valence-electron chi connectivity index (χ2n) is 7.21. The summed E-state index contributed by atoms with van der Waals surface area (Å²) in [5.74, 6) is 0.925. The highest BCUT2D eigenvalue weighted by atomic mass is 16.3. The lowest BCUT2D eigenvalue weighted by molar-refractivity contribution is -0.117. The van der Waals surface area contributed by atoms with Crippen LogP contribution in [0.4, 0.5) is 5.69 Å². The Morgan fingerprint density at radius 1 is 1.35 bits per heavy atom. The number of para-hydroxylation sites is 1. The first-order chi connectivity index (χ1) is 12.7. The third-order valence-corrected chi connectivity index (χ3v) is 5.84. The van der Waals surface area contributed by atoms with E-state index in [1.54, 1.807) is 4.90 Å². The van der Waals surface area contributed by atoms with E-state index < -0.39 is 0 Å². The summed E-state index contributed by atoms with van der Waals surface area (Å²) in [7, 11) is 0. The molecule has 1 aromatic carbocycles. The predicted octanol–water partition coefficient (Wildman–Crippen LogP) is 1.07. The number of hydrogen-bond donors (Lipinski definition) is 2. The molecule has 6 rings (SSSR count). The van der Waals surface area contributed by atoms with Crippen molar-refractivity contribution in [2.45, 2.75) is 24.8 Å². The van der Waals surface area contributed by atoms with Crippen molar-refractivity contribution in [3.05, 3.63) is 47.7 Å². The number of carbonyl (C=O) groups excluding carboxylic acids is 2. The fourth-order valence-corrected chi connectivity index (χ4v) is 4.47. The molecule has 3 aliphatic heterocycles. The van der Waals surface area contributed by atoms with Gasteiger partial charge in [-0.2, -0.15) is 0 Å². The molecule has 0 spiro atoms. The molecule has 3 fully saturated rings. The van der Waals surface area contributed by atoms with Gasteiger partial charge in [-0.3, -0.25) is 9.59 Å². The minimum absolute atomic E-state index is 0.0464. The second kappa shape index (κ2) is 5.95. The summed E-state index contributed by atoms with van der Waals surface area (Å²) in [6.07, 6.45) is 3.29. The monoisotopic (exact) mass is 352 g/mol.